The molecule has 0 bridgehead atoms. The number of aliphatic hydroxyl groups is 1. The molecule has 2 rings (SSSR count). The Bertz CT molecular complexity index is 327. The lowest BCUT2D eigenvalue weighted by molar-refractivity contribution is 0.0623. The fourth-order valence-corrected chi connectivity index (χ4v) is 2.48. The van der Waals surface area contributed by atoms with Crippen LogP contribution >= 0.6 is 0 Å². The van der Waals surface area contributed by atoms with Gasteiger partial charge in [-0.1, -0.05) is 6.42 Å². The molecular weight excluding hydrogens is 214 g/mol. The molecule has 1 aromatic rings. The van der Waals surface area contributed by atoms with E-state index < -0.39 is 0 Å². The van der Waals surface area contributed by atoms with E-state index in [-0.39, 0.29) is 12.6 Å². The fraction of sp³-hybridized carbons (Fsp3) is 0.615. The van der Waals surface area contributed by atoms with E-state index in [1.165, 1.54) is 24.8 Å². The third-order valence-electron chi connectivity index (χ3n) is 3.62. The van der Waals surface area contributed by atoms with Gasteiger partial charge in [-0.3, -0.25) is 9.88 Å². The predicted molar refractivity (Wildman–Crippen MR) is 67.5 cm³/mol. The molecule has 0 amide bonds. The van der Waals surface area contributed by atoms with Gasteiger partial charge in [0.25, 0.3) is 0 Å². The van der Waals surface area contributed by atoms with Crippen LogP contribution in [0.5, 0.6) is 0 Å². The molecule has 1 atom stereocenters. The summed E-state index contributed by atoms with van der Waals surface area (Å²) in [7, 11) is 0. The lowest BCUT2D eigenvalue weighted by Crippen LogP contribution is -2.46. The van der Waals surface area contributed by atoms with Crippen molar-refractivity contribution in [2.45, 2.75) is 31.3 Å². The zero-order valence-corrected chi connectivity index (χ0v) is 10.1. The summed E-state index contributed by atoms with van der Waals surface area (Å²) in [6, 6.07) is 4.82. The van der Waals surface area contributed by atoms with Gasteiger partial charge < -0.3 is 10.8 Å². The SMILES string of the molecule is NCC(c1ccncc1)N(CCO)C1CCC1. The Morgan fingerprint density at radius 1 is 1.41 bits per heavy atom. The van der Waals surface area contributed by atoms with Gasteiger partial charge in [-0.2, -0.15) is 0 Å². The van der Waals surface area contributed by atoms with Gasteiger partial charge in [0, 0.05) is 37.6 Å². The third-order valence-corrected chi connectivity index (χ3v) is 3.62. The van der Waals surface area contributed by atoms with E-state index in [0.29, 0.717) is 19.1 Å². The first-order chi connectivity index (χ1) is 8.36. The van der Waals surface area contributed by atoms with Crippen molar-refractivity contribution in [2.24, 2.45) is 5.73 Å². The van der Waals surface area contributed by atoms with Crippen LogP contribution in [0.2, 0.25) is 0 Å². The van der Waals surface area contributed by atoms with E-state index >= 15 is 0 Å². The van der Waals surface area contributed by atoms with E-state index in [2.05, 4.69) is 9.88 Å². The molecule has 1 aliphatic carbocycles. The quantitative estimate of drug-likeness (QED) is 0.770. The molecule has 4 heteroatoms. The van der Waals surface area contributed by atoms with E-state index in [1.54, 1.807) is 12.4 Å². The summed E-state index contributed by atoms with van der Waals surface area (Å²) in [5.41, 5.74) is 7.11. The molecule has 17 heavy (non-hydrogen) atoms. The highest BCUT2D eigenvalue weighted by molar-refractivity contribution is 5.16. The third kappa shape index (κ3) is 2.83. The van der Waals surface area contributed by atoms with Gasteiger partial charge >= 0.3 is 0 Å². The number of nitrogens with two attached hydrogens (primary N) is 1. The minimum absolute atomic E-state index is 0.193. The van der Waals surface area contributed by atoms with Crippen LogP contribution in [0.1, 0.15) is 30.9 Å². The molecule has 1 saturated carbocycles. The minimum atomic E-state index is 0.193. The molecule has 3 N–H and O–H groups in total. The summed E-state index contributed by atoms with van der Waals surface area (Å²) in [5.74, 6) is 0. The number of rotatable bonds is 6. The minimum Gasteiger partial charge on any atom is -0.395 e. The standard InChI is InChI=1S/C13H21N3O/c14-10-13(11-4-6-15-7-5-11)16(8-9-17)12-2-1-3-12/h4-7,12-13,17H,1-3,8-10,14H2. The van der Waals surface area contributed by atoms with Crippen molar-refractivity contribution >= 4 is 0 Å². The Hall–Kier alpha value is -0.970. The monoisotopic (exact) mass is 235 g/mol. The number of aromatic nitrogens is 1. The van der Waals surface area contributed by atoms with Crippen LogP contribution in [0.4, 0.5) is 0 Å². The average Bonchev–Trinajstić information content (AvgIpc) is 2.29. The smallest absolute Gasteiger partial charge is 0.0558 e. The van der Waals surface area contributed by atoms with Crippen molar-refractivity contribution in [3.8, 4) is 0 Å². The van der Waals surface area contributed by atoms with E-state index in [1.807, 2.05) is 12.1 Å². The Morgan fingerprint density at radius 2 is 2.12 bits per heavy atom. The summed E-state index contributed by atoms with van der Waals surface area (Å²) >= 11 is 0. The molecule has 0 saturated heterocycles. The van der Waals surface area contributed by atoms with Crippen LogP contribution in [-0.4, -0.2) is 40.7 Å². The molecule has 1 aromatic heterocycles. The summed E-state index contributed by atoms with van der Waals surface area (Å²) in [4.78, 5) is 6.38. The Balaban J connectivity index is 2.13. The van der Waals surface area contributed by atoms with Gasteiger partial charge in [-0.25, -0.2) is 0 Å². The van der Waals surface area contributed by atoms with Crippen molar-refractivity contribution in [2.75, 3.05) is 19.7 Å². The second-order valence-corrected chi connectivity index (χ2v) is 4.58. The van der Waals surface area contributed by atoms with E-state index in [0.717, 1.165) is 0 Å². The van der Waals surface area contributed by atoms with Gasteiger partial charge in [0.05, 0.1) is 6.61 Å². The Morgan fingerprint density at radius 3 is 2.59 bits per heavy atom. The lowest BCUT2D eigenvalue weighted by atomic mass is 9.89. The molecule has 1 unspecified atom stereocenters. The summed E-state index contributed by atoms with van der Waals surface area (Å²) in [6.45, 7) is 1.48. The van der Waals surface area contributed by atoms with Crippen molar-refractivity contribution in [1.29, 1.82) is 0 Å². The summed E-state index contributed by atoms with van der Waals surface area (Å²) in [6.07, 6.45) is 7.34. The van der Waals surface area contributed by atoms with E-state index in [4.69, 9.17) is 5.73 Å². The molecule has 0 radical (unpaired) electrons. The number of hydrogen-bond donors (Lipinski definition) is 2. The highest BCUT2D eigenvalue weighted by Crippen LogP contribution is 2.31. The molecule has 0 aliphatic heterocycles. The largest absolute Gasteiger partial charge is 0.395 e. The molecule has 1 fully saturated rings. The molecule has 1 aliphatic rings. The van der Waals surface area contributed by atoms with Crippen LogP contribution in [0.15, 0.2) is 24.5 Å². The molecule has 4 nitrogen and oxygen atoms in total. The van der Waals surface area contributed by atoms with Gasteiger partial charge in [0.15, 0.2) is 0 Å². The van der Waals surface area contributed by atoms with Crippen LogP contribution < -0.4 is 5.73 Å². The summed E-state index contributed by atoms with van der Waals surface area (Å²) in [5, 5.41) is 9.20. The number of nitrogens with zero attached hydrogens (tertiary/aromatic N) is 2. The van der Waals surface area contributed by atoms with Crippen molar-refractivity contribution in [1.82, 2.24) is 9.88 Å². The fourth-order valence-electron chi connectivity index (χ4n) is 2.48. The first kappa shape index (κ1) is 12.5. The number of hydrogen-bond acceptors (Lipinski definition) is 4. The Labute approximate surface area is 102 Å². The second-order valence-electron chi connectivity index (χ2n) is 4.58. The topological polar surface area (TPSA) is 62.4 Å². The molecule has 1 heterocycles. The highest BCUT2D eigenvalue weighted by Gasteiger charge is 2.30. The van der Waals surface area contributed by atoms with Crippen molar-refractivity contribution in [3.05, 3.63) is 30.1 Å². The van der Waals surface area contributed by atoms with Crippen LogP contribution in [0, 0.1) is 0 Å². The first-order valence-electron chi connectivity index (χ1n) is 6.33. The lowest BCUT2D eigenvalue weighted by Gasteiger charge is -2.42. The zero-order valence-electron chi connectivity index (χ0n) is 10.1. The van der Waals surface area contributed by atoms with Crippen molar-refractivity contribution < 1.29 is 5.11 Å². The molecular formula is C13H21N3O. The maximum Gasteiger partial charge on any atom is 0.0558 e. The first-order valence-corrected chi connectivity index (χ1v) is 6.33. The van der Waals surface area contributed by atoms with Crippen LogP contribution in [0.3, 0.4) is 0 Å². The number of pyridine rings is 1. The number of aliphatic hydroxyl groups excluding tert-OH is 1. The maximum absolute atomic E-state index is 9.20. The predicted octanol–water partition coefficient (Wildman–Crippen LogP) is 0.928. The van der Waals surface area contributed by atoms with Crippen LogP contribution in [-0.2, 0) is 0 Å². The molecule has 94 valence electrons. The zero-order chi connectivity index (χ0) is 12.1. The van der Waals surface area contributed by atoms with Gasteiger partial charge in [-0.05, 0) is 30.5 Å². The normalized spacial score (nSPS) is 18.1. The van der Waals surface area contributed by atoms with Gasteiger partial charge in [0.2, 0.25) is 0 Å². The molecule has 0 spiro atoms. The van der Waals surface area contributed by atoms with Gasteiger partial charge in [-0.15, -0.1) is 0 Å². The summed E-state index contributed by atoms with van der Waals surface area (Å²) < 4.78 is 0. The van der Waals surface area contributed by atoms with Crippen LogP contribution in [0.25, 0.3) is 0 Å². The average molecular weight is 235 g/mol. The maximum atomic E-state index is 9.20. The second kappa shape index (κ2) is 6.10. The van der Waals surface area contributed by atoms with Gasteiger partial charge in [0.1, 0.15) is 0 Å². The van der Waals surface area contributed by atoms with E-state index in [9.17, 15) is 5.11 Å². The van der Waals surface area contributed by atoms with Crippen molar-refractivity contribution in [3.63, 3.8) is 0 Å². The highest BCUT2D eigenvalue weighted by atomic mass is 16.3. The Kier molecular flexibility index (Phi) is 4.48. The molecule has 0 aromatic carbocycles.